The quantitative estimate of drug-likeness (QED) is 0.667. The van der Waals surface area contributed by atoms with E-state index in [1.54, 1.807) is 43.3 Å². The topological polar surface area (TPSA) is 92.4 Å². The van der Waals surface area contributed by atoms with E-state index in [1.165, 1.54) is 6.20 Å². The first-order valence-corrected chi connectivity index (χ1v) is 9.03. The minimum atomic E-state index is -0.667. The van der Waals surface area contributed by atoms with Gasteiger partial charge in [-0.25, -0.2) is 9.78 Å². The number of carbonyl (C=O) groups is 2. The fourth-order valence-electron chi connectivity index (χ4n) is 2.08. The van der Waals surface area contributed by atoms with Crippen LogP contribution < -0.4 is 20.7 Å². The first-order valence-electron chi connectivity index (χ1n) is 8.65. The van der Waals surface area contributed by atoms with Gasteiger partial charge in [0.1, 0.15) is 11.8 Å². The first kappa shape index (κ1) is 20.5. The van der Waals surface area contributed by atoms with Crippen molar-refractivity contribution in [3.05, 3.63) is 47.6 Å². The van der Waals surface area contributed by atoms with Gasteiger partial charge in [0.25, 0.3) is 0 Å². The van der Waals surface area contributed by atoms with E-state index >= 15 is 0 Å². The molecule has 2 aromatic rings. The number of rotatable bonds is 7. The van der Waals surface area contributed by atoms with Crippen LogP contribution in [0.15, 0.2) is 42.6 Å². The van der Waals surface area contributed by atoms with Crippen LogP contribution in [0.5, 0.6) is 11.6 Å². The van der Waals surface area contributed by atoms with Gasteiger partial charge in [-0.3, -0.25) is 4.79 Å². The van der Waals surface area contributed by atoms with Crippen LogP contribution in [-0.4, -0.2) is 29.0 Å². The van der Waals surface area contributed by atoms with Gasteiger partial charge in [-0.2, -0.15) is 0 Å². The van der Waals surface area contributed by atoms with Crippen LogP contribution in [0.4, 0.5) is 10.5 Å². The van der Waals surface area contributed by atoms with E-state index in [-0.39, 0.29) is 17.8 Å². The van der Waals surface area contributed by atoms with Gasteiger partial charge < -0.3 is 20.7 Å². The zero-order valence-electron chi connectivity index (χ0n) is 15.5. The van der Waals surface area contributed by atoms with Crippen LogP contribution >= 0.6 is 11.6 Å². The molecule has 0 aliphatic rings. The van der Waals surface area contributed by atoms with Crippen molar-refractivity contribution in [3.8, 4) is 11.6 Å². The fourth-order valence-corrected chi connectivity index (χ4v) is 2.26. The molecule has 3 amide bonds. The summed E-state index contributed by atoms with van der Waals surface area (Å²) in [4.78, 5) is 28.2. The number of hydrogen-bond donors (Lipinski definition) is 3. The van der Waals surface area contributed by atoms with E-state index in [1.807, 2.05) is 13.8 Å². The molecule has 0 spiro atoms. The summed E-state index contributed by atoms with van der Waals surface area (Å²) in [6, 6.07) is 9.07. The lowest BCUT2D eigenvalue weighted by Gasteiger charge is -2.17. The lowest BCUT2D eigenvalue weighted by atomic mass is 10.2. The summed E-state index contributed by atoms with van der Waals surface area (Å²) < 4.78 is 5.63. The van der Waals surface area contributed by atoms with Crippen LogP contribution in [0.25, 0.3) is 0 Å². The van der Waals surface area contributed by atoms with Gasteiger partial charge in [0.05, 0.1) is 5.02 Å². The van der Waals surface area contributed by atoms with Gasteiger partial charge in [-0.1, -0.05) is 30.7 Å². The molecule has 0 radical (unpaired) electrons. The van der Waals surface area contributed by atoms with Gasteiger partial charge in [-0.15, -0.1) is 0 Å². The predicted molar refractivity (Wildman–Crippen MR) is 105 cm³/mol. The molecule has 7 nitrogen and oxygen atoms in total. The number of ether oxygens (including phenoxy) is 1. The molecule has 0 aliphatic heterocycles. The highest BCUT2D eigenvalue weighted by Crippen LogP contribution is 2.28. The summed E-state index contributed by atoms with van der Waals surface area (Å²) in [5.41, 5.74) is 0.471. The van der Waals surface area contributed by atoms with E-state index in [9.17, 15) is 9.59 Å². The summed E-state index contributed by atoms with van der Waals surface area (Å²) in [5, 5.41) is 8.52. The second-order valence-corrected chi connectivity index (χ2v) is 6.46. The van der Waals surface area contributed by atoms with Crippen molar-refractivity contribution in [1.82, 2.24) is 15.6 Å². The lowest BCUT2D eigenvalue weighted by molar-refractivity contribution is -0.123. The summed E-state index contributed by atoms with van der Waals surface area (Å²) in [6.45, 7) is 5.50. The molecule has 2 atom stereocenters. The predicted octanol–water partition coefficient (Wildman–Crippen LogP) is 3.95. The summed E-state index contributed by atoms with van der Waals surface area (Å²) in [5.74, 6) is 0.504. The maximum absolute atomic E-state index is 12.1. The van der Waals surface area contributed by atoms with E-state index in [4.69, 9.17) is 16.3 Å². The molecule has 0 unspecified atom stereocenters. The Balaban J connectivity index is 1.94. The number of hydrogen-bond acceptors (Lipinski definition) is 4. The SMILES string of the molecule is CC[C@@H](C)NC(=O)[C@@H](C)NC(=O)Nc1ccnc(Oc2ccccc2Cl)c1. The van der Waals surface area contributed by atoms with Gasteiger partial charge in [-0.05, 0) is 38.5 Å². The number of carbonyl (C=O) groups excluding carboxylic acids is 2. The standard InChI is InChI=1S/C19H23ClN4O3/c1-4-12(2)22-18(25)13(3)23-19(26)24-14-9-10-21-17(11-14)27-16-8-6-5-7-15(16)20/h5-13H,4H2,1-3H3,(H,22,25)(H2,21,23,24,26)/t12-,13-/m1/s1. The Morgan fingerprint density at radius 2 is 1.93 bits per heavy atom. The van der Waals surface area contributed by atoms with Crippen molar-refractivity contribution in [2.24, 2.45) is 0 Å². The van der Waals surface area contributed by atoms with Crippen LogP contribution in [0.3, 0.4) is 0 Å². The van der Waals surface area contributed by atoms with Crippen molar-refractivity contribution in [2.45, 2.75) is 39.3 Å². The Kier molecular flexibility index (Phi) is 7.43. The summed E-state index contributed by atoms with van der Waals surface area (Å²) >= 11 is 6.06. The number of halogens is 1. The Hall–Kier alpha value is -2.80. The number of para-hydroxylation sites is 1. The van der Waals surface area contributed by atoms with Crippen LogP contribution in [0, 0.1) is 0 Å². The van der Waals surface area contributed by atoms with Gasteiger partial charge in [0, 0.05) is 24.0 Å². The third kappa shape index (κ3) is 6.45. The third-order valence-corrected chi connectivity index (χ3v) is 4.10. The van der Waals surface area contributed by atoms with Crippen LogP contribution in [-0.2, 0) is 4.79 Å². The maximum atomic E-state index is 12.1. The van der Waals surface area contributed by atoms with E-state index in [0.29, 0.717) is 16.5 Å². The summed E-state index contributed by atoms with van der Waals surface area (Å²) in [7, 11) is 0. The van der Waals surface area contributed by atoms with Crippen molar-refractivity contribution in [2.75, 3.05) is 5.32 Å². The second-order valence-electron chi connectivity index (χ2n) is 6.05. The van der Waals surface area contributed by atoms with Crippen molar-refractivity contribution < 1.29 is 14.3 Å². The molecule has 1 heterocycles. The first-order chi connectivity index (χ1) is 12.9. The zero-order chi connectivity index (χ0) is 19.8. The molecule has 27 heavy (non-hydrogen) atoms. The molecule has 3 N–H and O–H groups in total. The monoisotopic (exact) mass is 390 g/mol. The Morgan fingerprint density at radius 3 is 2.63 bits per heavy atom. The molecule has 0 aliphatic carbocycles. The molecule has 0 bridgehead atoms. The van der Waals surface area contributed by atoms with Crippen molar-refractivity contribution >= 4 is 29.2 Å². The average Bonchev–Trinajstić information content (AvgIpc) is 2.63. The molecule has 0 fully saturated rings. The molecule has 0 saturated heterocycles. The smallest absolute Gasteiger partial charge is 0.319 e. The normalized spacial score (nSPS) is 12.6. The largest absolute Gasteiger partial charge is 0.437 e. The number of amides is 3. The van der Waals surface area contributed by atoms with Crippen LogP contribution in [0.1, 0.15) is 27.2 Å². The van der Waals surface area contributed by atoms with Crippen molar-refractivity contribution in [3.63, 3.8) is 0 Å². The Bertz CT molecular complexity index is 800. The fraction of sp³-hybridized carbons (Fsp3) is 0.316. The molecular weight excluding hydrogens is 368 g/mol. The molecule has 2 rings (SSSR count). The van der Waals surface area contributed by atoms with E-state index in [2.05, 4.69) is 20.9 Å². The van der Waals surface area contributed by atoms with Gasteiger partial charge in [0.15, 0.2) is 0 Å². The van der Waals surface area contributed by atoms with Crippen molar-refractivity contribution in [1.29, 1.82) is 0 Å². The minimum absolute atomic E-state index is 0.0505. The van der Waals surface area contributed by atoms with Gasteiger partial charge >= 0.3 is 6.03 Å². The number of nitrogens with zero attached hydrogens (tertiary/aromatic N) is 1. The molecule has 1 aromatic heterocycles. The number of aromatic nitrogens is 1. The minimum Gasteiger partial charge on any atom is -0.437 e. The maximum Gasteiger partial charge on any atom is 0.319 e. The number of pyridine rings is 1. The third-order valence-electron chi connectivity index (χ3n) is 3.79. The average molecular weight is 391 g/mol. The zero-order valence-corrected chi connectivity index (χ0v) is 16.2. The molecular formula is C19H23ClN4O3. The highest BCUT2D eigenvalue weighted by Gasteiger charge is 2.17. The lowest BCUT2D eigenvalue weighted by Crippen LogP contribution is -2.48. The second kappa shape index (κ2) is 9.78. The Morgan fingerprint density at radius 1 is 1.19 bits per heavy atom. The molecule has 144 valence electrons. The van der Waals surface area contributed by atoms with E-state index in [0.717, 1.165) is 6.42 Å². The summed E-state index contributed by atoms with van der Waals surface area (Å²) in [6.07, 6.45) is 2.32. The molecule has 1 aromatic carbocycles. The van der Waals surface area contributed by atoms with E-state index < -0.39 is 12.1 Å². The number of nitrogens with one attached hydrogen (secondary N) is 3. The number of anilines is 1. The highest BCUT2D eigenvalue weighted by atomic mass is 35.5. The molecule has 8 heteroatoms. The molecule has 0 saturated carbocycles. The van der Waals surface area contributed by atoms with Gasteiger partial charge in [0.2, 0.25) is 11.8 Å². The Labute approximate surface area is 163 Å². The number of benzene rings is 1. The highest BCUT2D eigenvalue weighted by molar-refractivity contribution is 6.32. The van der Waals surface area contributed by atoms with Crippen LogP contribution in [0.2, 0.25) is 5.02 Å². The number of urea groups is 1.